The molecule has 0 spiro atoms. The third kappa shape index (κ3) is 33.2. The first kappa shape index (κ1) is 107. The van der Waals surface area contributed by atoms with Crippen LogP contribution in [0, 0.1) is 0 Å². The van der Waals surface area contributed by atoms with Crippen LogP contribution >= 0.6 is 47.2 Å². The summed E-state index contributed by atoms with van der Waals surface area (Å²) in [5.41, 5.74) is 7.45. The average molecular weight is 1920 g/mol. The summed E-state index contributed by atoms with van der Waals surface area (Å²) in [6.45, 7) is 20.7. The number of aliphatic carboxylic acids is 2. The first-order chi connectivity index (χ1) is 64.5. The van der Waals surface area contributed by atoms with E-state index in [2.05, 4.69) is 55.6 Å². The van der Waals surface area contributed by atoms with Crippen LogP contribution in [-0.4, -0.2) is 213 Å². The van der Waals surface area contributed by atoms with E-state index < -0.39 is 17.7 Å². The van der Waals surface area contributed by atoms with Gasteiger partial charge < -0.3 is 96.7 Å². The number of halogens is 4. The molecule has 0 radical (unpaired) electrons. The van der Waals surface area contributed by atoms with Gasteiger partial charge in [0.25, 0.3) is 11.7 Å². The molecule has 0 aliphatic carbocycles. The largest absolute Gasteiger partial charge is 0.497 e. The minimum Gasteiger partial charge on any atom is -0.497 e. The van der Waals surface area contributed by atoms with E-state index in [1.165, 1.54) is 83.9 Å². The number of carboxylic acid groups (broad SMARTS) is 2. The van der Waals surface area contributed by atoms with E-state index in [9.17, 15) is 24.3 Å². The molecule has 6 heterocycles. The molecule has 134 heavy (non-hydrogen) atoms. The first-order valence-electron chi connectivity index (χ1n) is 43.7. The SMILES string of the molecule is C1CN2CCC(CC2)N1.CCN(CC)CC.CN=C(C(=O)N1CCN2CCC1CC2)c1cc(Cl)c(OCc2ccc(OC)cc2)c(OCc2ccc(OC)cc2)c1.CN=C(C(=O)O)c1cc(Cl)c(OCc2ccc(OC)cc2)c(OCc2ccc(OC)cc2)c1.COc1ccc(CON)cc1.COc1ccc(COc2cc(C(=O)C(=O)O)cc(Cl)c2OCc2ccc(OC)cc2)cc1.Cl. The van der Waals surface area contributed by atoms with Gasteiger partial charge in [-0.1, -0.05) is 141 Å². The molecule has 6 saturated heterocycles. The molecule has 6 aliphatic heterocycles. The Bertz CT molecular complexity index is 5320. The molecule has 0 unspecified atom stereocenters. The normalized spacial score (nSPS) is 15.1. The second-order valence-electron chi connectivity index (χ2n) is 30.7. The third-order valence-corrected chi connectivity index (χ3v) is 23.1. The van der Waals surface area contributed by atoms with Crippen LogP contribution < -0.4 is 72.8 Å². The van der Waals surface area contributed by atoms with E-state index >= 15 is 0 Å². The Kier molecular flexibility index (Phi) is 45.5. The molecule has 5 N–H and O–H groups in total. The number of rotatable bonds is 36. The maximum atomic E-state index is 13.8. The Hall–Kier alpha value is -12.1. The van der Waals surface area contributed by atoms with Crippen molar-refractivity contribution >= 4 is 82.3 Å². The molecule has 10 aromatic carbocycles. The van der Waals surface area contributed by atoms with E-state index in [-0.39, 0.29) is 96.8 Å². The lowest BCUT2D eigenvalue weighted by Crippen LogP contribution is -2.45. The van der Waals surface area contributed by atoms with Gasteiger partial charge in [-0.2, -0.15) is 0 Å². The van der Waals surface area contributed by atoms with E-state index in [0.29, 0.717) is 69.5 Å². The monoisotopic (exact) mass is 1920 g/mol. The summed E-state index contributed by atoms with van der Waals surface area (Å²) in [7, 11) is 14.3. The Morgan fingerprint density at radius 3 is 0.948 bits per heavy atom. The molecule has 0 atom stereocenters. The number of ether oxygens (including phenoxy) is 13. The topological polar surface area (TPSA) is 314 Å². The predicted molar refractivity (Wildman–Crippen MR) is 524 cm³/mol. The number of benzene rings is 10. The van der Waals surface area contributed by atoms with Gasteiger partial charge in [0, 0.05) is 82.1 Å². The minimum atomic E-state index is -1.59. The van der Waals surface area contributed by atoms with Crippen LogP contribution in [0.25, 0.3) is 0 Å². The smallest absolute Gasteiger partial charge is 0.377 e. The number of amides is 1. The van der Waals surface area contributed by atoms with Gasteiger partial charge in [0.15, 0.2) is 34.5 Å². The number of carbonyl (C=O) groups is 4. The third-order valence-electron chi connectivity index (χ3n) is 22.3. The zero-order valence-electron chi connectivity index (χ0n) is 77.9. The zero-order chi connectivity index (χ0) is 95.6. The number of carbonyl (C=O) groups excluding carboxylic acids is 2. The van der Waals surface area contributed by atoms with Crippen molar-refractivity contribution in [2.75, 3.05) is 136 Å². The summed E-state index contributed by atoms with van der Waals surface area (Å²) >= 11 is 19.6. The number of ketones is 1. The number of piperidine rings is 2. The summed E-state index contributed by atoms with van der Waals surface area (Å²) in [4.78, 5) is 70.6. The van der Waals surface area contributed by atoms with E-state index in [1.54, 1.807) is 99.3 Å². The fraction of sp³-hybridized carbons (Fsp3) is 0.353. The van der Waals surface area contributed by atoms with Crippen LogP contribution in [0.2, 0.25) is 15.1 Å². The molecule has 28 nitrogen and oxygen atoms in total. The van der Waals surface area contributed by atoms with Crippen LogP contribution in [0.3, 0.4) is 0 Å². The number of hydrogen-bond donors (Lipinski definition) is 4. The van der Waals surface area contributed by atoms with Crippen molar-refractivity contribution in [3.63, 3.8) is 0 Å². The Morgan fingerprint density at radius 1 is 0.381 bits per heavy atom. The fourth-order valence-corrected chi connectivity index (χ4v) is 15.3. The number of nitrogens with one attached hydrogen (secondary N) is 1. The van der Waals surface area contributed by atoms with Gasteiger partial charge in [-0.15, -0.1) is 12.4 Å². The molecule has 0 aromatic heterocycles. The molecule has 718 valence electrons. The van der Waals surface area contributed by atoms with Crippen molar-refractivity contribution in [3.8, 4) is 74.7 Å². The van der Waals surface area contributed by atoms with Gasteiger partial charge in [0.05, 0.1) is 71.4 Å². The quantitative estimate of drug-likeness (QED) is 0.0123. The summed E-state index contributed by atoms with van der Waals surface area (Å²) in [6.07, 6.45) is 4.72. The van der Waals surface area contributed by atoms with Crippen molar-refractivity contribution in [2.45, 2.75) is 105 Å². The van der Waals surface area contributed by atoms with Gasteiger partial charge in [0.2, 0.25) is 0 Å². The average Bonchev–Trinajstić information content (AvgIpc) is 1.30. The van der Waals surface area contributed by atoms with Crippen LogP contribution in [0.5, 0.6) is 74.7 Å². The molecular weight excluding hydrogens is 1800 g/mol. The summed E-state index contributed by atoms with van der Waals surface area (Å²) in [6, 6.07) is 62.4. The van der Waals surface area contributed by atoms with Crippen molar-refractivity contribution < 1.29 is 95.8 Å². The van der Waals surface area contributed by atoms with E-state index in [0.717, 1.165) is 106 Å². The minimum absolute atomic E-state index is 0. The predicted octanol–water partition coefficient (Wildman–Crippen LogP) is 18.0. The molecule has 0 saturated carbocycles. The fourth-order valence-electron chi connectivity index (χ4n) is 14.5. The molecule has 6 aliphatic rings. The van der Waals surface area contributed by atoms with E-state index in [1.807, 2.05) is 150 Å². The highest BCUT2D eigenvalue weighted by molar-refractivity contribution is 6.46. The summed E-state index contributed by atoms with van der Waals surface area (Å²) in [5, 5.41) is 22.7. The Morgan fingerprint density at radius 2 is 0.664 bits per heavy atom. The Labute approximate surface area is 806 Å². The zero-order valence-corrected chi connectivity index (χ0v) is 81.0. The van der Waals surface area contributed by atoms with Crippen molar-refractivity contribution in [1.82, 2.24) is 24.9 Å². The number of aliphatic imine (C=N–C) groups is 2. The second kappa shape index (κ2) is 56.8. The first-order valence-corrected chi connectivity index (χ1v) is 44.8. The van der Waals surface area contributed by atoms with E-state index in [4.69, 9.17) is 107 Å². The molecule has 4 bridgehead atoms. The van der Waals surface area contributed by atoms with Crippen molar-refractivity contribution in [2.24, 2.45) is 15.9 Å². The molecule has 16 rings (SSSR count). The number of nitrogens with two attached hydrogens (primary N) is 1. The maximum Gasteiger partial charge on any atom is 0.377 e. The number of fused-ring (bicyclic) bond motifs is 8. The van der Waals surface area contributed by atoms with Crippen LogP contribution in [0.1, 0.15) is 107 Å². The van der Waals surface area contributed by atoms with Crippen LogP contribution in [0.4, 0.5) is 0 Å². The lowest BCUT2D eigenvalue weighted by molar-refractivity contribution is -0.132. The molecular formula is C102H122Cl4N8O20. The van der Waals surface area contributed by atoms with Gasteiger partial charge in [0.1, 0.15) is 91.3 Å². The van der Waals surface area contributed by atoms with Gasteiger partial charge >= 0.3 is 11.9 Å². The number of hydrogen-bond acceptors (Lipinski definition) is 25. The standard InChI is InChI=1S/C32H36ClN3O5.C25H24ClNO6.C24H21ClO7.C8H11NO2.C7H14N2.C6H15N.ClH/c1-34-30(32(37)36-17-16-35-14-12-25(36)13-15-35)24-18-28(33)31(41-21-23-6-10-27(39-3)11-7-23)29(19-24)40-20-22-4-8-26(38-2)9-5-22;1-27-23(25(28)29)18-12-21(26)24(33-15-17-6-10-20(31-3)11-7-17)22(13-18)32-14-16-4-8-19(30-2)9-5-16;1-29-18-7-3-15(4-8-18)13-31-21-12-17(22(26)24(27)28)11-20(25)23(21)32-14-16-5-9-19(30-2)10-6-16;1-10-8-4-2-7(3-5-8)6-11-9;1-4-9-5-2-7(1)8-3-6-9;1-4-7(5-2)6-3;/h4-11,18-19,25H,12-17,20-21H2,1-3H3;4-13H,14-15H2,1-3H3,(H,28,29);3-12H,13-14H2,1-2H3,(H,27,28);2-5H,6,9H2,1H3;7-8H,1-6H2;4-6H2,1-3H3;1H. The lowest BCUT2D eigenvalue weighted by atomic mass is 10.0. The molecule has 6 fully saturated rings. The maximum absolute atomic E-state index is 13.8. The number of Topliss-reactive ketones (excluding diaryl/α,β-unsaturated/α-hetero) is 1. The lowest BCUT2D eigenvalue weighted by Gasteiger charge is -2.31. The summed E-state index contributed by atoms with van der Waals surface area (Å²) < 4.78 is 72.3. The number of methoxy groups -OCH3 is 7. The van der Waals surface area contributed by atoms with Crippen LogP contribution in [-0.2, 0) is 65.5 Å². The van der Waals surface area contributed by atoms with Gasteiger partial charge in [-0.05, 0) is 219 Å². The van der Waals surface area contributed by atoms with Crippen LogP contribution in [0.15, 0.2) is 216 Å². The second-order valence-corrected chi connectivity index (χ2v) is 31.9. The number of nitrogens with zero attached hydrogens (tertiary/aromatic N) is 6. The highest BCUT2D eigenvalue weighted by Crippen LogP contribution is 2.42. The highest BCUT2D eigenvalue weighted by Gasteiger charge is 2.35. The van der Waals surface area contributed by atoms with Gasteiger partial charge in [-0.25, -0.2) is 15.5 Å². The van der Waals surface area contributed by atoms with Gasteiger partial charge in [-0.3, -0.25) is 24.4 Å². The number of carboxylic acids is 2. The molecule has 1 amide bonds. The van der Waals surface area contributed by atoms with Crippen molar-refractivity contribution in [3.05, 3.63) is 277 Å². The summed E-state index contributed by atoms with van der Waals surface area (Å²) in [5.74, 6) is 8.07. The molecule has 10 aromatic rings. The Balaban J connectivity index is 0.000000216. The van der Waals surface area contributed by atoms with Crippen molar-refractivity contribution in [1.29, 1.82) is 0 Å². The highest BCUT2D eigenvalue weighted by atomic mass is 35.5. The molecule has 32 heteroatoms.